The molecule has 0 spiro atoms. The van der Waals surface area contributed by atoms with E-state index in [1.54, 1.807) is 21.5 Å². The van der Waals surface area contributed by atoms with Gasteiger partial charge in [0.05, 0.1) is 17.9 Å². The molecular weight excluding hydrogens is 445 g/mol. The Kier molecular flexibility index (Phi) is 7.04. The van der Waals surface area contributed by atoms with Gasteiger partial charge in [-0.05, 0) is 66.6 Å². The molecule has 0 aliphatic carbocycles. The lowest BCUT2D eigenvalue weighted by Gasteiger charge is -2.17. The predicted octanol–water partition coefficient (Wildman–Crippen LogP) is 4.55. The molecule has 9 heteroatoms. The molecule has 2 aromatic heterocycles. The highest BCUT2D eigenvalue weighted by Crippen LogP contribution is 2.26. The largest absolute Gasteiger partial charge is 0.348 e. The molecule has 8 nitrogen and oxygen atoms in total. The second-order valence-electron chi connectivity index (χ2n) is 9.21. The molecule has 0 saturated carbocycles. The Hall–Kier alpha value is -3.88. The summed E-state index contributed by atoms with van der Waals surface area (Å²) in [5, 5.41) is 19.5. The highest BCUT2D eigenvalue weighted by molar-refractivity contribution is 5.96. The summed E-state index contributed by atoms with van der Waals surface area (Å²) in [6.07, 6.45) is 0. The number of tetrazole rings is 1. The third kappa shape index (κ3) is 5.45. The highest BCUT2D eigenvalue weighted by Gasteiger charge is 2.18. The summed E-state index contributed by atoms with van der Waals surface area (Å²) in [4.78, 5) is 13.3. The Bertz CT molecular complexity index is 1320. The van der Waals surface area contributed by atoms with Gasteiger partial charge in [-0.2, -0.15) is 9.78 Å². The third-order valence-electron chi connectivity index (χ3n) is 5.81. The maximum absolute atomic E-state index is 13.3. The number of halogens is 1. The van der Waals surface area contributed by atoms with Crippen molar-refractivity contribution in [2.75, 3.05) is 0 Å². The third-order valence-corrected chi connectivity index (χ3v) is 5.81. The SMILES string of the molecule is Cc1ccc(-c2cc(C(=O)NC(C)Cn3nc(CF)cc3C)cc(-n3nnnc3C(C)C)c2)cc1. The van der Waals surface area contributed by atoms with Crippen LogP contribution in [0.3, 0.4) is 0 Å². The monoisotopic (exact) mass is 475 g/mol. The molecule has 35 heavy (non-hydrogen) atoms. The van der Waals surface area contributed by atoms with Gasteiger partial charge in [0.1, 0.15) is 6.67 Å². The van der Waals surface area contributed by atoms with E-state index in [-0.39, 0.29) is 17.9 Å². The van der Waals surface area contributed by atoms with Gasteiger partial charge in [0.25, 0.3) is 5.91 Å². The fourth-order valence-corrected chi connectivity index (χ4v) is 3.96. The number of aromatic nitrogens is 6. The molecule has 1 N–H and O–H groups in total. The topological polar surface area (TPSA) is 90.5 Å². The summed E-state index contributed by atoms with van der Waals surface area (Å²) < 4.78 is 16.3. The summed E-state index contributed by atoms with van der Waals surface area (Å²) in [5.41, 5.74) is 5.48. The van der Waals surface area contributed by atoms with Crippen LogP contribution in [-0.4, -0.2) is 41.9 Å². The summed E-state index contributed by atoms with van der Waals surface area (Å²) in [6, 6.07) is 15.3. The average Bonchev–Trinajstić information content (AvgIpc) is 3.46. The lowest BCUT2D eigenvalue weighted by molar-refractivity contribution is 0.0935. The number of rotatable bonds is 8. The molecule has 1 atom stereocenters. The van der Waals surface area contributed by atoms with E-state index in [1.807, 2.05) is 71.0 Å². The van der Waals surface area contributed by atoms with E-state index < -0.39 is 6.67 Å². The average molecular weight is 476 g/mol. The molecule has 182 valence electrons. The van der Waals surface area contributed by atoms with E-state index in [4.69, 9.17) is 0 Å². The number of amides is 1. The minimum Gasteiger partial charge on any atom is -0.348 e. The van der Waals surface area contributed by atoms with E-state index >= 15 is 0 Å². The van der Waals surface area contributed by atoms with E-state index in [1.165, 1.54) is 0 Å². The first-order valence-electron chi connectivity index (χ1n) is 11.7. The lowest BCUT2D eigenvalue weighted by Crippen LogP contribution is -2.36. The van der Waals surface area contributed by atoms with Gasteiger partial charge in [-0.25, -0.2) is 4.39 Å². The Morgan fingerprint density at radius 2 is 1.77 bits per heavy atom. The van der Waals surface area contributed by atoms with Crippen molar-refractivity contribution in [2.45, 2.75) is 59.8 Å². The van der Waals surface area contributed by atoms with Crippen LogP contribution < -0.4 is 5.32 Å². The molecule has 2 aromatic carbocycles. The van der Waals surface area contributed by atoms with Crippen LogP contribution in [0.15, 0.2) is 48.5 Å². The number of benzene rings is 2. The Morgan fingerprint density at radius 3 is 2.43 bits per heavy atom. The summed E-state index contributed by atoms with van der Waals surface area (Å²) in [6.45, 7) is 9.67. The standard InChI is InChI=1S/C26H30FN7O/c1-16(2)25-29-31-32-34(25)24-12-21(20-8-6-17(3)7-9-20)11-22(13-24)26(35)28-18(4)15-33-19(5)10-23(14-27)30-33/h6-13,16,18H,14-15H2,1-5H3,(H,28,35). The van der Waals surface area contributed by atoms with Gasteiger partial charge in [0, 0.05) is 23.2 Å². The molecule has 2 heterocycles. The minimum absolute atomic E-state index is 0.108. The van der Waals surface area contributed by atoms with Crippen LogP contribution >= 0.6 is 0 Å². The zero-order chi connectivity index (χ0) is 25.1. The van der Waals surface area contributed by atoms with Gasteiger partial charge in [0.2, 0.25) is 0 Å². The fourth-order valence-electron chi connectivity index (χ4n) is 3.96. The van der Waals surface area contributed by atoms with Crippen molar-refractivity contribution < 1.29 is 9.18 Å². The van der Waals surface area contributed by atoms with Crippen molar-refractivity contribution in [3.63, 3.8) is 0 Å². The van der Waals surface area contributed by atoms with Crippen LogP contribution in [-0.2, 0) is 13.2 Å². The minimum atomic E-state index is -0.612. The molecule has 0 aliphatic heterocycles. The fraction of sp³-hybridized carbons (Fsp3) is 0.346. The molecule has 1 amide bonds. The highest BCUT2D eigenvalue weighted by atomic mass is 19.1. The Morgan fingerprint density at radius 1 is 1.03 bits per heavy atom. The first kappa shape index (κ1) is 24.3. The smallest absolute Gasteiger partial charge is 0.251 e. The molecule has 0 aliphatic rings. The number of carbonyl (C=O) groups excluding carboxylic acids is 1. The second-order valence-corrected chi connectivity index (χ2v) is 9.21. The van der Waals surface area contributed by atoms with Crippen LogP contribution in [0.1, 0.15) is 59.8 Å². The first-order valence-corrected chi connectivity index (χ1v) is 11.7. The molecular formula is C26H30FN7O. The number of aryl methyl sites for hydroxylation is 2. The molecule has 4 rings (SSSR count). The zero-order valence-electron chi connectivity index (χ0n) is 20.7. The molecule has 0 bridgehead atoms. The van der Waals surface area contributed by atoms with Gasteiger partial charge in [-0.1, -0.05) is 43.7 Å². The van der Waals surface area contributed by atoms with E-state index in [2.05, 4.69) is 25.9 Å². The van der Waals surface area contributed by atoms with Crippen molar-refractivity contribution in [1.82, 2.24) is 35.3 Å². The maximum atomic E-state index is 13.3. The number of hydrogen-bond acceptors (Lipinski definition) is 5. The maximum Gasteiger partial charge on any atom is 0.251 e. The molecule has 0 fully saturated rings. The van der Waals surface area contributed by atoms with Gasteiger partial charge >= 0.3 is 0 Å². The molecule has 1 unspecified atom stereocenters. The zero-order valence-corrected chi connectivity index (χ0v) is 20.7. The second kappa shape index (κ2) is 10.2. The summed E-state index contributed by atoms with van der Waals surface area (Å²) in [5.74, 6) is 0.600. The number of carbonyl (C=O) groups is 1. The van der Waals surface area contributed by atoms with Crippen molar-refractivity contribution >= 4 is 5.91 Å². The number of nitrogens with zero attached hydrogens (tertiary/aromatic N) is 6. The van der Waals surface area contributed by atoms with E-state index in [0.29, 0.717) is 29.3 Å². The van der Waals surface area contributed by atoms with Crippen molar-refractivity contribution in [3.8, 4) is 16.8 Å². The van der Waals surface area contributed by atoms with Gasteiger partial charge in [-0.15, -0.1) is 5.10 Å². The lowest BCUT2D eigenvalue weighted by atomic mass is 10.00. The summed E-state index contributed by atoms with van der Waals surface area (Å²) in [7, 11) is 0. The number of alkyl halides is 1. The Balaban J connectivity index is 1.66. The van der Waals surface area contributed by atoms with Crippen molar-refractivity contribution in [2.24, 2.45) is 0 Å². The number of nitrogens with one attached hydrogen (secondary N) is 1. The van der Waals surface area contributed by atoms with Crippen LogP contribution in [0.25, 0.3) is 16.8 Å². The van der Waals surface area contributed by atoms with Crippen LogP contribution in [0.5, 0.6) is 0 Å². The van der Waals surface area contributed by atoms with Gasteiger partial charge in [-0.3, -0.25) is 9.48 Å². The molecule has 0 radical (unpaired) electrons. The first-order chi connectivity index (χ1) is 16.7. The van der Waals surface area contributed by atoms with E-state index in [0.717, 1.165) is 22.4 Å². The van der Waals surface area contributed by atoms with Crippen molar-refractivity contribution in [3.05, 3.63) is 76.9 Å². The quantitative estimate of drug-likeness (QED) is 0.404. The van der Waals surface area contributed by atoms with Crippen LogP contribution in [0.4, 0.5) is 4.39 Å². The molecule has 4 aromatic rings. The normalized spacial score (nSPS) is 12.2. The number of hydrogen-bond donors (Lipinski definition) is 1. The van der Waals surface area contributed by atoms with E-state index in [9.17, 15) is 9.18 Å². The van der Waals surface area contributed by atoms with Crippen LogP contribution in [0.2, 0.25) is 0 Å². The molecule has 0 saturated heterocycles. The Labute approximate surface area is 204 Å². The predicted molar refractivity (Wildman–Crippen MR) is 132 cm³/mol. The summed E-state index contributed by atoms with van der Waals surface area (Å²) >= 11 is 0. The van der Waals surface area contributed by atoms with Crippen molar-refractivity contribution in [1.29, 1.82) is 0 Å². The van der Waals surface area contributed by atoms with Gasteiger partial charge in [0.15, 0.2) is 5.82 Å². The van der Waals surface area contributed by atoms with Gasteiger partial charge < -0.3 is 5.32 Å². The van der Waals surface area contributed by atoms with Crippen LogP contribution in [0, 0.1) is 13.8 Å².